The smallest absolute Gasteiger partial charge is 0.167 e. The maximum absolute atomic E-state index is 10.9. The van der Waals surface area contributed by atoms with Crippen molar-refractivity contribution >= 4 is 21.7 Å². The molecule has 3 N–H and O–H groups in total. The molecular weight excluding hydrogens is 240 g/mol. The van der Waals surface area contributed by atoms with Crippen LogP contribution in [0.15, 0.2) is 10.5 Å². The van der Waals surface area contributed by atoms with Crippen LogP contribution in [0.3, 0.4) is 0 Å². The third-order valence-corrected chi connectivity index (χ3v) is 2.33. The molecule has 0 saturated carbocycles. The summed E-state index contributed by atoms with van der Waals surface area (Å²) in [7, 11) is 0. The normalized spacial score (nSPS) is 10.0. The van der Waals surface area contributed by atoms with Gasteiger partial charge in [-0.1, -0.05) is 0 Å². The monoisotopic (exact) mass is 246 g/mol. The molecule has 0 saturated heterocycles. The molecule has 0 bridgehead atoms. The van der Waals surface area contributed by atoms with Crippen molar-refractivity contribution in [2.45, 2.75) is 6.92 Å². The highest BCUT2D eigenvalue weighted by Crippen LogP contribution is 2.40. The van der Waals surface area contributed by atoms with Crippen LogP contribution >= 0.6 is 15.9 Å². The third kappa shape index (κ3) is 1.60. The van der Waals surface area contributed by atoms with E-state index in [4.69, 9.17) is 5.11 Å². The van der Waals surface area contributed by atoms with Gasteiger partial charge in [-0.05, 0) is 22.9 Å². The minimum absolute atomic E-state index is 0.00417. The molecule has 1 aromatic rings. The fourth-order valence-corrected chi connectivity index (χ4v) is 1.28. The molecule has 0 aliphatic heterocycles. The number of carbonyl (C=O) groups is 1. The summed E-state index contributed by atoms with van der Waals surface area (Å²) in [5, 5.41) is 27.7. The summed E-state index contributed by atoms with van der Waals surface area (Å²) in [5.74, 6) is -1.69. The second-order valence-electron chi connectivity index (χ2n) is 2.51. The van der Waals surface area contributed by atoms with Crippen LogP contribution in [0.25, 0.3) is 0 Å². The Labute approximate surface area is 82.6 Å². The van der Waals surface area contributed by atoms with E-state index in [1.165, 1.54) is 6.92 Å². The number of rotatable bonds is 1. The second kappa shape index (κ2) is 3.26. The van der Waals surface area contributed by atoms with Crippen LogP contribution in [-0.4, -0.2) is 21.1 Å². The number of benzene rings is 1. The first kappa shape index (κ1) is 9.85. The molecule has 0 spiro atoms. The van der Waals surface area contributed by atoms with Gasteiger partial charge in [0.15, 0.2) is 5.78 Å². The molecule has 0 radical (unpaired) electrons. The summed E-state index contributed by atoms with van der Waals surface area (Å²) in [6, 6.07) is 0.987. The van der Waals surface area contributed by atoms with Crippen molar-refractivity contribution in [2.75, 3.05) is 0 Å². The molecule has 0 aliphatic rings. The summed E-state index contributed by atoms with van der Waals surface area (Å²) in [6.07, 6.45) is 0. The molecule has 0 atom stereocenters. The van der Waals surface area contributed by atoms with Crippen molar-refractivity contribution in [1.29, 1.82) is 0 Å². The highest BCUT2D eigenvalue weighted by Gasteiger charge is 2.18. The number of hydrogen-bond acceptors (Lipinski definition) is 4. The summed E-state index contributed by atoms with van der Waals surface area (Å²) in [6.45, 7) is 1.21. The Bertz CT molecular complexity index is 373. The molecule has 70 valence electrons. The standard InChI is InChI=1S/C8H7BrO4/c1-3(10)6-4(11)2-5(12)7(9)8(6)13/h2,11-13H,1H3. The quantitative estimate of drug-likeness (QED) is 0.661. The first-order valence-electron chi connectivity index (χ1n) is 3.39. The van der Waals surface area contributed by atoms with Crippen LogP contribution in [0.1, 0.15) is 17.3 Å². The lowest BCUT2D eigenvalue weighted by Gasteiger charge is -2.06. The maximum Gasteiger partial charge on any atom is 0.167 e. The van der Waals surface area contributed by atoms with Crippen molar-refractivity contribution in [3.63, 3.8) is 0 Å². The summed E-state index contributed by atoms with van der Waals surface area (Å²) < 4.78 is -0.00417. The molecule has 0 aromatic heterocycles. The van der Waals surface area contributed by atoms with Gasteiger partial charge in [-0.3, -0.25) is 4.79 Å². The lowest BCUT2D eigenvalue weighted by atomic mass is 10.1. The minimum atomic E-state index is -0.476. The Morgan fingerprint density at radius 3 is 2.31 bits per heavy atom. The van der Waals surface area contributed by atoms with Gasteiger partial charge in [0.1, 0.15) is 27.3 Å². The van der Waals surface area contributed by atoms with E-state index >= 15 is 0 Å². The number of Topliss-reactive ketones (excluding diaryl/α,β-unsaturated/α-hetero) is 1. The minimum Gasteiger partial charge on any atom is -0.507 e. The van der Waals surface area contributed by atoms with Crippen molar-refractivity contribution in [3.8, 4) is 17.2 Å². The van der Waals surface area contributed by atoms with E-state index < -0.39 is 17.3 Å². The van der Waals surface area contributed by atoms with Crippen molar-refractivity contribution in [1.82, 2.24) is 0 Å². The van der Waals surface area contributed by atoms with Gasteiger partial charge in [0.25, 0.3) is 0 Å². The van der Waals surface area contributed by atoms with Crippen LogP contribution in [0.2, 0.25) is 0 Å². The fourth-order valence-electron chi connectivity index (χ4n) is 0.964. The Morgan fingerprint density at radius 1 is 1.31 bits per heavy atom. The zero-order valence-electron chi connectivity index (χ0n) is 6.71. The van der Waals surface area contributed by atoms with Gasteiger partial charge < -0.3 is 15.3 Å². The summed E-state index contributed by atoms with van der Waals surface area (Å²) >= 11 is 2.87. The highest BCUT2D eigenvalue weighted by atomic mass is 79.9. The third-order valence-electron chi connectivity index (χ3n) is 1.55. The number of hydrogen-bond donors (Lipinski definition) is 3. The Hall–Kier alpha value is -1.23. The van der Waals surface area contributed by atoms with E-state index in [1.54, 1.807) is 0 Å². The topological polar surface area (TPSA) is 77.8 Å². The predicted molar refractivity (Wildman–Crippen MR) is 49.1 cm³/mol. The predicted octanol–water partition coefficient (Wildman–Crippen LogP) is 1.77. The fraction of sp³-hybridized carbons (Fsp3) is 0.125. The zero-order valence-corrected chi connectivity index (χ0v) is 8.29. The SMILES string of the molecule is CC(=O)c1c(O)cc(O)c(Br)c1O. The van der Waals surface area contributed by atoms with Gasteiger partial charge in [0.2, 0.25) is 0 Å². The second-order valence-corrected chi connectivity index (χ2v) is 3.30. The highest BCUT2D eigenvalue weighted by molar-refractivity contribution is 9.10. The van der Waals surface area contributed by atoms with Crippen LogP contribution in [0.4, 0.5) is 0 Å². The van der Waals surface area contributed by atoms with Gasteiger partial charge in [-0.15, -0.1) is 0 Å². The molecule has 1 aromatic carbocycles. The lowest BCUT2D eigenvalue weighted by Crippen LogP contribution is -1.94. The van der Waals surface area contributed by atoms with E-state index in [-0.39, 0.29) is 15.8 Å². The molecule has 0 fully saturated rings. The van der Waals surface area contributed by atoms with Crippen LogP contribution in [-0.2, 0) is 0 Å². The van der Waals surface area contributed by atoms with E-state index in [0.29, 0.717) is 0 Å². The molecular formula is C8H7BrO4. The van der Waals surface area contributed by atoms with Gasteiger partial charge >= 0.3 is 0 Å². The molecule has 1 rings (SSSR count). The average molecular weight is 247 g/mol. The number of aromatic hydroxyl groups is 3. The van der Waals surface area contributed by atoms with E-state index in [0.717, 1.165) is 6.07 Å². The Balaban J connectivity index is 3.53. The van der Waals surface area contributed by atoms with Gasteiger partial charge in [-0.25, -0.2) is 0 Å². The van der Waals surface area contributed by atoms with Gasteiger partial charge in [-0.2, -0.15) is 0 Å². The first-order valence-corrected chi connectivity index (χ1v) is 4.18. The van der Waals surface area contributed by atoms with Crippen molar-refractivity contribution in [2.24, 2.45) is 0 Å². The Morgan fingerprint density at radius 2 is 1.85 bits per heavy atom. The lowest BCUT2D eigenvalue weighted by molar-refractivity contribution is 0.101. The van der Waals surface area contributed by atoms with Crippen LogP contribution in [0.5, 0.6) is 17.2 Å². The summed E-state index contributed by atoms with van der Waals surface area (Å²) in [5.41, 5.74) is -0.204. The molecule has 5 heteroatoms. The van der Waals surface area contributed by atoms with E-state index in [2.05, 4.69) is 15.9 Å². The van der Waals surface area contributed by atoms with E-state index in [1.807, 2.05) is 0 Å². The van der Waals surface area contributed by atoms with Crippen LogP contribution in [0, 0.1) is 0 Å². The molecule has 0 unspecified atom stereocenters. The maximum atomic E-state index is 10.9. The average Bonchev–Trinajstić information content (AvgIpc) is 1.99. The van der Waals surface area contributed by atoms with Crippen molar-refractivity contribution in [3.05, 3.63) is 16.1 Å². The number of halogens is 1. The molecule has 0 aliphatic carbocycles. The van der Waals surface area contributed by atoms with E-state index in [9.17, 15) is 15.0 Å². The van der Waals surface area contributed by atoms with Gasteiger partial charge in [0, 0.05) is 6.07 Å². The first-order chi connectivity index (χ1) is 5.95. The number of phenols is 3. The largest absolute Gasteiger partial charge is 0.507 e. The summed E-state index contributed by atoms with van der Waals surface area (Å²) in [4.78, 5) is 10.9. The van der Waals surface area contributed by atoms with Crippen LogP contribution < -0.4 is 0 Å². The molecule has 0 heterocycles. The van der Waals surface area contributed by atoms with Gasteiger partial charge in [0.05, 0.1) is 0 Å². The number of carbonyl (C=O) groups excluding carboxylic acids is 1. The number of ketones is 1. The molecule has 13 heavy (non-hydrogen) atoms. The molecule has 0 amide bonds. The number of phenolic OH excluding ortho intramolecular Hbond substituents is 3. The Kier molecular flexibility index (Phi) is 2.47. The van der Waals surface area contributed by atoms with Crippen molar-refractivity contribution < 1.29 is 20.1 Å². The zero-order chi connectivity index (χ0) is 10.2. The molecule has 4 nitrogen and oxygen atoms in total.